The van der Waals surface area contributed by atoms with Crippen molar-refractivity contribution in [2.24, 2.45) is 0 Å². The van der Waals surface area contributed by atoms with Gasteiger partial charge in [-0.05, 0) is 46.1 Å². The maximum Gasteiger partial charge on any atom is 0.412 e. The first-order valence-corrected chi connectivity index (χ1v) is 10.0. The van der Waals surface area contributed by atoms with Crippen molar-refractivity contribution in [3.63, 3.8) is 0 Å². The van der Waals surface area contributed by atoms with Crippen molar-refractivity contribution in [3.05, 3.63) is 16.0 Å². The van der Waals surface area contributed by atoms with E-state index in [4.69, 9.17) is 9.47 Å². The number of thiophene rings is 1. The van der Waals surface area contributed by atoms with Crippen LogP contribution in [0.2, 0.25) is 0 Å². The van der Waals surface area contributed by atoms with Crippen LogP contribution in [0.4, 0.5) is 9.80 Å². The third-order valence-electron chi connectivity index (χ3n) is 3.88. The number of aromatic carboxylic acids is 1. The molecule has 2 N–H and O–H groups in total. The Morgan fingerprint density at radius 3 is 2.33 bits per heavy atom. The van der Waals surface area contributed by atoms with Crippen LogP contribution in [0, 0.1) is 6.92 Å². The summed E-state index contributed by atoms with van der Waals surface area (Å²) < 4.78 is 10.4. The fraction of sp³-hybridized carbons (Fsp3) is 0.632. The number of hydrogen-bond donors (Lipinski definition) is 2. The maximum atomic E-state index is 12.5. The highest BCUT2D eigenvalue weighted by Gasteiger charge is 2.27. The van der Waals surface area contributed by atoms with Gasteiger partial charge in [-0.1, -0.05) is 26.2 Å². The second kappa shape index (κ2) is 10.9. The lowest BCUT2D eigenvalue weighted by molar-refractivity contribution is 0.0324. The first-order valence-electron chi connectivity index (χ1n) is 9.22. The molecule has 0 spiro atoms. The maximum absolute atomic E-state index is 12.5. The summed E-state index contributed by atoms with van der Waals surface area (Å²) in [6, 6.07) is 0. The number of carbonyl (C=O) groups excluding carboxylic acids is 2. The van der Waals surface area contributed by atoms with Crippen LogP contribution in [-0.4, -0.2) is 35.3 Å². The predicted octanol–water partition coefficient (Wildman–Crippen LogP) is 5.23. The summed E-state index contributed by atoms with van der Waals surface area (Å²) in [5.41, 5.74) is 0.152. The van der Waals surface area contributed by atoms with Gasteiger partial charge in [0.1, 0.15) is 9.88 Å². The Morgan fingerprint density at radius 2 is 1.78 bits per heavy atom. The molecule has 0 saturated carbocycles. The summed E-state index contributed by atoms with van der Waals surface area (Å²) in [5, 5.41) is 11.9. The quantitative estimate of drug-likeness (QED) is 0.413. The molecule has 27 heavy (non-hydrogen) atoms. The van der Waals surface area contributed by atoms with E-state index in [1.165, 1.54) is 6.92 Å². The molecule has 0 bridgehead atoms. The third-order valence-corrected chi connectivity index (χ3v) is 5.06. The molecular weight excluding hydrogens is 370 g/mol. The standard InChI is InChI=1S/C19H29NO6S/c1-6-7-8-9-10-12(4)26-18(23)15-13(5)14(17(21)22)16(27-15)20-19(24)25-11(2)3/h11-12H,6-10H2,1-5H3,(H,20,24)(H,21,22). The van der Waals surface area contributed by atoms with Crippen molar-refractivity contribution in [1.82, 2.24) is 0 Å². The van der Waals surface area contributed by atoms with E-state index in [-0.39, 0.29) is 33.2 Å². The van der Waals surface area contributed by atoms with Gasteiger partial charge in [0.15, 0.2) is 0 Å². The molecule has 0 radical (unpaired) electrons. The van der Waals surface area contributed by atoms with Gasteiger partial charge in [-0.15, -0.1) is 11.3 Å². The van der Waals surface area contributed by atoms with Gasteiger partial charge in [0.05, 0.1) is 17.8 Å². The number of esters is 1. The van der Waals surface area contributed by atoms with E-state index < -0.39 is 18.0 Å². The van der Waals surface area contributed by atoms with Gasteiger partial charge < -0.3 is 14.6 Å². The van der Waals surface area contributed by atoms with Gasteiger partial charge >= 0.3 is 18.0 Å². The summed E-state index contributed by atoms with van der Waals surface area (Å²) in [5.74, 6) is -1.80. The minimum atomic E-state index is -1.23. The zero-order valence-electron chi connectivity index (χ0n) is 16.6. The molecule has 0 aliphatic heterocycles. The Morgan fingerprint density at radius 1 is 1.11 bits per heavy atom. The molecule has 1 aromatic rings. The molecule has 1 heterocycles. The van der Waals surface area contributed by atoms with E-state index in [0.29, 0.717) is 0 Å². The number of rotatable bonds is 10. The largest absolute Gasteiger partial charge is 0.478 e. The van der Waals surface area contributed by atoms with Gasteiger partial charge in [-0.3, -0.25) is 5.32 Å². The van der Waals surface area contributed by atoms with Gasteiger partial charge in [0.25, 0.3) is 0 Å². The number of carbonyl (C=O) groups is 3. The first-order chi connectivity index (χ1) is 12.7. The summed E-state index contributed by atoms with van der Waals surface area (Å²) >= 11 is 0.885. The first kappa shape index (κ1) is 23.0. The van der Waals surface area contributed by atoms with Crippen molar-refractivity contribution in [2.75, 3.05) is 5.32 Å². The molecule has 0 aromatic carbocycles. The molecule has 1 rings (SSSR count). The molecular formula is C19H29NO6S. The number of hydrogen-bond acceptors (Lipinski definition) is 6. The van der Waals surface area contributed by atoms with Gasteiger partial charge in [0.2, 0.25) is 0 Å². The molecule has 0 fully saturated rings. The van der Waals surface area contributed by atoms with E-state index in [2.05, 4.69) is 12.2 Å². The molecule has 0 aliphatic carbocycles. The molecule has 0 saturated heterocycles. The second-order valence-electron chi connectivity index (χ2n) is 6.71. The van der Waals surface area contributed by atoms with E-state index in [1.807, 2.05) is 6.92 Å². The normalized spacial score (nSPS) is 11.9. The predicted molar refractivity (Wildman–Crippen MR) is 105 cm³/mol. The number of nitrogens with one attached hydrogen (secondary N) is 1. The number of ether oxygens (including phenoxy) is 2. The molecule has 8 heteroatoms. The zero-order chi connectivity index (χ0) is 20.6. The lowest BCUT2D eigenvalue weighted by atomic mass is 10.1. The molecule has 1 unspecified atom stereocenters. The Balaban J connectivity index is 2.88. The van der Waals surface area contributed by atoms with Crippen LogP contribution in [0.3, 0.4) is 0 Å². The highest BCUT2D eigenvalue weighted by molar-refractivity contribution is 7.18. The molecule has 152 valence electrons. The lowest BCUT2D eigenvalue weighted by Crippen LogP contribution is -2.18. The van der Waals surface area contributed by atoms with Crippen molar-refractivity contribution in [1.29, 1.82) is 0 Å². The minimum Gasteiger partial charge on any atom is -0.478 e. The van der Waals surface area contributed by atoms with Crippen molar-refractivity contribution >= 4 is 34.4 Å². The Hall–Kier alpha value is -2.09. The van der Waals surface area contributed by atoms with Gasteiger partial charge in [-0.25, -0.2) is 14.4 Å². The third kappa shape index (κ3) is 7.21. The lowest BCUT2D eigenvalue weighted by Gasteiger charge is -2.12. The number of unbranched alkanes of at least 4 members (excludes halogenated alkanes) is 3. The van der Waals surface area contributed by atoms with Crippen LogP contribution < -0.4 is 5.32 Å². The number of amides is 1. The SMILES string of the molecule is CCCCCCC(C)OC(=O)c1sc(NC(=O)OC(C)C)c(C(=O)O)c1C. The minimum absolute atomic E-state index is 0.0631. The van der Waals surface area contributed by atoms with Crippen molar-refractivity contribution in [2.45, 2.75) is 78.9 Å². The van der Waals surface area contributed by atoms with E-state index >= 15 is 0 Å². The molecule has 1 amide bonds. The molecule has 0 aliphatic rings. The highest BCUT2D eigenvalue weighted by atomic mass is 32.1. The zero-order valence-corrected chi connectivity index (χ0v) is 17.4. The van der Waals surface area contributed by atoms with Crippen LogP contribution in [0.1, 0.15) is 85.4 Å². The van der Waals surface area contributed by atoms with E-state index in [0.717, 1.165) is 43.4 Å². The number of carboxylic acid groups (broad SMARTS) is 1. The van der Waals surface area contributed by atoms with Gasteiger partial charge in [0, 0.05) is 0 Å². The van der Waals surface area contributed by atoms with Crippen molar-refractivity contribution in [3.8, 4) is 0 Å². The fourth-order valence-electron chi connectivity index (χ4n) is 2.54. The van der Waals surface area contributed by atoms with Crippen LogP contribution in [-0.2, 0) is 9.47 Å². The van der Waals surface area contributed by atoms with E-state index in [9.17, 15) is 19.5 Å². The topological polar surface area (TPSA) is 102 Å². The van der Waals surface area contributed by atoms with Crippen LogP contribution in [0.15, 0.2) is 0 Å². The second-order valence-corrected chi connectivity index (χ2v) is 7.73. The number of anilines is 1. The van der Waals surface area contributed by atoms with Gasteiger partial charge in [-0.2, -0.15) is 0 Å². The molecule has 1 atom stereocenters. The Labute approximate surface area is 164 Å². The smallest absolute Gasteiger partial charge is 0.412 e. The highest BCUT2D eigenvalue weighted by Crippen LogP contribution is 2.34. The average molecular weight is 400 g/mol. The van der Waals surface area contributed by atoms with Crippen molar-refractivity contribution < 1.29 is 29.0 Å². The fourth-order valence-corrected chi connectivity index (χ4v) is 3.61. The average Bonchev–Trinajstić information content (AvgIpc) is 2.87. The Kier molecular flexibility index (Phi) is 9.28. The summed E-state index contributed by atoms with van der Waals surface area (Å²) in [6.07, 6.45) is 3.73. The van der Waals surface area contributed by atoms with E-state index in [1.54, 1.807) is 13.8 Å². The summed E-state index contributed by atoms with van der Waals surface area (Å²) in [6.45, 7) is 8.85. The van der Waals surface area contributed by atoms with Crippen LogP contribution >= 0.6 is 11.3 Å². The number of carboxylic acids is 1. The summed E-state index contributed by atoms with van der Waals surface area (Å²) in [4.78, 5) is 36.0. The molecule has 1 aromatic heterocycles. The monoisotopic (exact) mass is 399 g/mol. The van der Waals surface area contributed by atoms with Crippen LogP contribution in [0.5, 0.6) is 0 Å². The Bertz CT molecular complexity index is 667. The molecule has 7 nitrogen and oxygen atoms in total. The summed E-state index contributed by atoms with van der Waals surface area (Å²) in [7, 11) is 0. The van der Waals surface area contributed by atoms with Crippen LogP contribution in [0.25, 0.3) is 0 Å².